The Morgan fingerprint density at radius 1 is 1.23 bits per heavy atom. The van der Waals surface area contributed by atoms with E-state index in [1.807, 2.05) is 29.2 Å². The molecule has 0 radical (unpaired) electrons. The molecule has 3 unspecified atom stereocenters. The molecule has 140 valence electrons. The zero-order chi connectivity index (χ0) is 18.5. The number of nitrogens with one attached hydrogen (secondary N) is 1. The van der Waals surface area contributed by atoms with Gasteiger partial charge >= 0.3 is 0 Å². The maximum atomic E-state index is 12.8. The van der Waals surface area contributed by atoms with E-state index in [0.29, 0.717) is 23.9 Å². The molecule has 1 aromatic rings. The van der Waals surface area contributed by atoms with Crippen molar-refractivity contribution in [1.29, 1.82) is 0 Å². The van der Waals surface area contributed by atoms with Crippen LogP contribution in [0.25, 0.3) is 0 Å². The molecule has 1 heterocycles. The van der Waals surface area contributed by atoms with Crippen LogP contribution in [0, 0.1) is 16.7 Å². The van der Waals surface area contributed by atoms with Crippen molar-refractivity contribution in [2.24, 2.45) is 16.7 Å². The standard InChI is InChI=1S/C22H30N2O2/c1-21(2)17-10-11-22(21,3)18(13-17)23-20(26)16-8-6-15(7-9-16)14-24-12-4-5-19(24)25/h6-9,17-18H,4-5,10-14H2,1-3H3,(H,23,26). The van der Waals surface area contributed by atoms with Crippen LogP contribution in [-0.2, 0) is 11.3 Å². The Morgan fingerprint density at radius 2 is 1.96 bits per heavy atom. The highest BCUT2D eigenvalue weighted by Gasteiger charge is 2.61. The Balaban J connectivity index is 1.40. The van der Waals surface area contributed by atoms with Crippen molar-refractivity contribution in [3.8, 4) is 0 Å². The molecule has 2 aliphatic carbocycles. The molecule has 4 rings (SSSR count). The van der Waals surface area contributed by atoms with Gasteiger partial charge in [0.25, 0.3) is 5.91 Å². The largest absolute Gasteiger partial charge is 0.349 e. The molecule has 26 heavy (non-hydrogen) atoms. The van der Waals surface area contributed by atoms with Gasteiger partial charge in [0.2, 0.25) is 5.91 Å². The molecule has 3 atom stereocenters. The van der Waals surface area contributed by atoms with E-state index in [2.05, 4.69) is 26.1 Å². The van der Waals surface area contributed by atoms with Crippen molar-refractivity contribution in [2.45, 2.75) is 65.5 Å². The van der Waals surface area contributed by atoms with Gasteiger partial charge in [-0.05, 0) is 60.1 Å². The topological polar surface area (TPSA) is 49.4 Å². The van der Waals surface area contributed by atoms with Gasteiger partial charge in [-0.15, -0.1) is 0 Å². The lowest BCUT2D eigenvalue weighted by atomic mass is 9.69. The van der Waals surface area contributed by atoms with Gasteiger partial charge in [0.05, 0.1) is 0 Å². The minimum atomic E-state index is 0.0309. The zero-order valence-electron chi connectivity index (χ0n) is 16.2. The number of hydrogen-bond acceptors (Lipinski definition) is 2. The minimum Gasteiger partial charge on any atom is -0.349 e. The number of rotatable bonds is 4. The van der Waals surface area contributed by atoms with Crippen LogP contribution in [0.3, 0.4) is 0 Å². The monoisotopic (exact) mass is 354 g/mol. The molecular weight excluding hydrogens is 324 g/mol. The van der Waals surface area contributed by atoms with Gasteiger partial charge in [-0.1, -0.05) is 32.9 Å². The molecule has 1 aliphatic heterocycles. The van der Waals surface area contributed by atoms with E-state index in [1.165, 1.54) is 12.8 Å². The van der Waals surface area contributed by atoms with E-state index >= 15 is 0 Å². The van der Waals surface area contributed by atoms with E-state index in [9.17, 15) is 9.59 Å². The summed E-state index contributed by atoms with van der Waals surface area (Å²) in [5.74, 6) is 0.987. The van der Waals surface area contributed by atoms with Crippen molar-refractivity contribution < 1.29 is 9.59 Å². The number of likely N-dealkylation sites (tertiary alicyclic amines) is 1. The highest BCUT2D eigenvalue weighted by Crippen LogP contribution is 2.65. The molecule has 1 N–H and O–H groups in total. The van der Waals surface area contributed by atoms with Gasteiger partial charge in [-0.2, -0.15) is 0 Å². The van der Waals surface area contributed by atoms with Gasteiger partial charge in [0.15, 0.2) is 0 Å². The lowest BCUT2D eigenvalue weighted by molar-refractivity contribution is -0.128. The summed E-state index contributed by atoms with van der Waals surface area (Å²) in [6.45, 7) is 8.58. The maximum absolute atomic E-state index is 12.8. The molecule has 1 saturated heterocycles. The van der Waals surface area contributed by atoms with Crippen molar-refractivity contribution >= 4 is 11.8 Å². The summed E-state index contributed by atoms with van der Waals surface area (Å²) in [6, 6.07) is 8.02. The first-order valence-corrected chi connectivity index (χ1v) is 9.99. The number of fused-ring (bicyclic) bond motifs is 2. The number of amides is 2. The van der Waals surface area contributed by atoms with Crippen LogP contribution in [0.1, 0.15) is 68.8 Å². The van der Waals surface area contributed by atoms with Crippen LogP contribution in [0.4, 0.5) is 0 Å². The summed E-state index contributed by atoms with van der Waals surface area (Å²) in [6.07, 6.45) is 5.22. The molecule has 3 aliphatic rings. The van der Waals surface area contributed by atoms with E-state index in [4.69, 9.17) is 0 Å². The lowest BCUT2D eigenvalue weighted by Gasteiger charge is -2.39. The van der Waals surface area contributed by atoms with Crippen LogP contribution in [-0.4, -0.2) is 29.3 Å². The quantitative estimate of drug-likeness (QED) is 0.895. The third-order valence-electron chi connectivity index (χ3n) is 7.86. The molecule has 0 aromatic heterocycles. The van der Waals surface area contributed by atoms with E-state index < -0.39 is 0 Å². The first kappa shape index (κ1) is 17.6. The maximum Gasteiger partial charge on any atom is 0.251 e. The Morgan fingerprint density at radius 3 is 2.50 bits per heavy atom. The van der Waals surface area contributed by atoms with Crippen molar-refractivity contribution in [2.75, 3.05) is 6.54 Å². The third-order valence-corrected chi connectivity index (χ3v) is 7.86. The molecule has 2 bridgehead atoms. The predicted octanol–water partition coefficient (Wildman–Crippen LogP) is 3.75. The number of carbonyl (C=O) groups is 2. The normalized spacial score (nSPS) is 32.3. The van der Waals surface area contributed by atoms with Crippen LogP contribution in [0.5, 0.6) is 0 Å². The molecule has 2 amide bonds. The Kier molecular flexibility index (Phi) is 4.13. The third kappa shape index (κ3) is 2.65. The number of carbonyl (C=O) groups excluding carboxylic acids is 2. The van der Waals surface area contributed by atoms with Gasteiger partial charge in [-0.3, -0.25) is 9.59 Å². The summed E-state index contributed by atoms with van der Waals surface area (Å²) in [4.78, 5) is 26.4. The van der Waals surface area contributed by atoms with Crippen LogP contribution in [0.15, 0.2) is 24.3 Å². The minimum absolute atomic E-state index is 0.0309. The van der Waals surface area contributed by atoms with Crippen molar-refractivity contribution in [3.05, 3.63) is 35.4 Å². The zero-order valence-corrected chi connectivity index (χ0v) is 16.2. The number of hydrogen-bond donors (Lipinski definition) is 1. The second-order valence-corrected chi connectivity index (χ2v) is 9.25. The smallest absolute Gasteiger partial charge is 0.251 e. The molecular formula is C22H30N2O2. The van der Waals surface area contributed by atoms with Gasteiger partial charge < -0.3 is 10.2 Å². The fourth-order valence-corrected chi connectivity index (χ4v) is 5.52. The summed E-state index contributed by atoms with van der Waals surface area (Å²) in [7, 11) is 0. The van der Waals surface area contributed by atoms with Gasteiger partial charge in [-0.25, -0.2) is 0 Å². The second kappa shape index (κ2) is 6.11. The molecule has 3 fully saturated rings. The molecule has 4 nitrogen and oxygen atoms in total. The van der Waals surface area contributed by atoms with Crippen LogP contribution >= 0.6 is 0 Å². The number of benzene rings is 1. The highest BCUT2D eigenvalue weighted by atomic mass is 16.2. The lowest BCUT2D eigenvalue weighted by Crippen LogP contribution is -2.46. The van der Waals surface area contributed by atoms with Gasteiger partial charge in [0, 0.05) is 31.1 Å². The van der Waals surface area contributed by atoms with Gasteiger partial charge in [0.1, 0.15) is 0 Å². The first-order valence-electron chi connectivity index (χ1n) is 9.99. The molecule has 0 spiro atoms. The second-order valence-electron chi connectivity index (χ2n) is 9.25. The van der Waals surface area contributed by atoms with E-state index in [0.717, 1.165) is 30.9 Å². The first-order chi connectivity index (χ1) is 12.3. The Hall–Kier alpha value is -1.84. The summed E-state index contributed by atoms with van der Waals surface area (Å²) >= 11 is 0. The van der Waals surface area contributed by atoms with Crippen LogP contribution < -0.4 is 5.32 Å². The average molecular weight is 354 g/mol. The molecule has 4 heteroatoms. The van der Waals surface area contributed by atoms with Crippen molar-refractivity contribution in [3.63, 3.8) is 0 Å². The highest BCUT2D eigenvalue weighted by molar-refractivity contribution is 5.94. The average Bonchev–Trinajstić information content (AvgIpc) is 3.16. The van der Waals surface area contributed by atoms with E-state index in [-0.39, 0.29) is 23.3 Å². The Labute approximate surface area is 156 Å². The molecule has 1 aromatic carbocycles. The van der Waals surface area contributed by atoms with Crippen LogP contribution in [0.2, 0.25) is 0 Å². The predicted molar refractivity (Wildman–Crippen MR) is 102 cm³/mol. The number of nitrogens with zero attached hydrogens (tertiary/aromatic N) is 1. The fourth-order valence-electron chi connectivity index (χ4n) is 5.52. The summed E-state index contributed by atoms with van der Waals surface area (Å²) in [5.41, 5.74) is 2.30. The summed E-state index contributed by atoms with van der Waals surface area (Å²) in [5, 5.41) is 3.32. The summed E-state index contributed by atoms with van der Waals surface area (Å²) < 4.78 is 0. The Bertz CT molecular complexity index is 724. The molecule has 2 saturated carbocycles. The SMILES string of the molecule is CC1(C)C2CCC1(C)C(NC(=O)c1ccc(CN3CCCC3=O)cc1)C2. The fraction of sp³-hybridized carbons (Fsp3) is 0.636. The van der Waals surface area contributed by atoms with Crippen molar-refractivity contribution in [1.82, 2.24) is 10.2 Å². The van der Waals surface area contributed by atoms with E-state index in [1.54, 1.807) is 0 Å².